The standard InChI is InChI=1S/C27H36N4O2/c1-20-18-29(19-21(2)33-20)13-9-22-10-14-30(15-11-22)26-8-7-24(17-28-26)27(32)31-16-12-23-5-3-4-6-25(23)31/h3-8,17,20-22H,9-16,18-19H2,1-2H3. The average molecular weight is 449 g/mol. The number of pyridine rings is 1. The van der Waals surface area contributed by atoms with E-state index in [1.807, 2.05) is 35.2 Å². The Kier molecular flexibility index (Phi) is 6.65. The number of ether oxygens (including phenoxy) is 1. The van der Waals surface area contributed by atoms with Gasteiger partial charge >= 0.3 is 0 Å². The number of rotatable bonds is 5. The number of carbonyl (C=O) groups excluding carboxylic acids is 1. The number of hydrogen-bond acceptors (Lipinski definition) is 5. The van der Waals surface area contributed by atoms with Crippen molar-refractivity contribution in [3.63, 3.8) is 0 Å². The molecule has 1 aromatic heterocycles. The zero-order chi connectivity index (χ0) is 22.8. The molecule has 6 heteroatoms. The van der Waals surface area contributed by atoms with Gasteiger partial charge in [-0.25, -0.2) is 4.98 Å². The maximum absolute atomic E-state index is 13.0. The van der Waals surface area contributed by atoms with Gasteiger partial charge in [0.25, 0.3) is 5.91 Å². The third-order valence-corrected chi connectivity index (χ3v) is 7.41. The lowest BCUT2D eigenvalue weighted by molar-refractivity contribution is -0.0690. The van der Waals surface area contributed by atoms with Gasteiger partial charge in [-0.05, 0) is 75.8 Å². The second kappa shape index (κ2) is 9.82. The summed E-state index contributed by atoms with van der Waals surface area (Å²) in [7, 11) is 0. The van der Waals surface area contributed by atoms with Crippen LogP contribution >= 0.6 is 0 Å². The number of amides is 1. The van der Waals surface area contributed by atoms with Gasteiger partial charge in [-0.1, -0.05) is 18.2 Å². The molecule has 2 aromatic rings. The van der Waals surface area contributed by atoms with Crippen molar-refractivity contribution in [2.75, 3.05) is 49.1 Å². The summed E-state index contributed by atoms with van der Waals surface area (Å²) < 4.78 is 5.86. The number of morpholine rings is 1. The first-order valence-corrected chi connectivity index (χ1v) is 12.6. The molecule has 33 heavy (non-hydrogen) atoms. The zero-order valence-corrected chi connectivity index (χ0v) is 19.9. The Hall–Kier alpha value is -2.44. The Bertz CT molecular complexity index is 945. The molecule has 2 saturated heterocycles. The van der Waals surface area contributed by atoms with Crippen LogP contribution in [0.1, 0.15) is 49.0 Å². The number of carbonyl (C=O) groups is 1. The molecule has 3 aliphatic heterocycles. The smallest absolute Gasteiger partial charge is 0.259 e. The normalized spacial score (nSPS) is 24.2. The molecule has 1 aromatic carbocycles. The van der Waals surface area contributed by atoms with E-state index < -0.39 is 0 Å². The monoisotopic (exact) mass is 448 g/mol. The van der Waals surface area contributed by atoms with Crippen LogP contribution in [-0.4, -0.2) is 67.3 Å². The lowest BCUT2D eigenvalue weighted by Crippen LogP contribution is -2.46. The van der Waals surface area contributed by atoms with E-state index in [9.17, 15) is 4.79 Å². The van der Waals surface area contributed by atoms with E-state index in [-0.39, 0.29) is 5.91 Å². The minimum Gasteiger partial charge on any atom is -0.373 e. The first-order valence-electron chi connectivity index (χ1n) is 12.6. The number of fused-ring (bicyclic) bond motifs is 1. The van der Waals surface area contributed by atoms with E-state index in [2.05, 4.69) is 34.7 Å². The summed E-state index contributed by atoms with van der Waals surface area (Å²) in [5.41, 5.74) is 2.95. The summed E-state index contributed by atoms with van der Waals surface area (Å²) in [6.45, 7) is 10.5. The highest BCUT2D eigenvalue weighted by atomic mass is 16.5. The highest BCUT2D eigenvalue weighted by molar-refractivity contribution is 6.07. The molecular weight excluding hydrogens is 412 g/mol. The molecule has 2 atom stereocenters. The third-order valence-electron chi connectivity index (χ3n) is 7.41. The van der Waals surface area contributed by atoms with Gasteiger partial charge in [-0.3, -0.25) is 9.69 Å². The van der Waals surface area contributed by atoms with Crippen molar-refractivity contribution in [1.29, 1.82) is 0 Å². The maximum Gasteiger partial charge on any atom is 0.259 e. The summed E-state index contributed by atoms with van der Waals surface area (Å²) in [4.78, 5) is 24.5. The molecule has 2 unspecified atom stereocenters. The molecule has 0 radical (unpaired) electrons. The number of nitrogens with zero attached hydrogens (tertiary/aromatic N) is 4. The number of anilines is 2. The quantitative estimate of drug-likeness (QED) is 0.692. The molecule has 0 bridgehead atoms. The van der Waals surface area contributed by atoms with Gasteiger partial charge in [-0.2, -0.15) is 0 Å². The second-order valence-electron chi connectivity index (χ2n) is 9.98. The van der Waals surface area contributed by atoms with Crippen molar-refractivity contribution in [3.05, 3.63) is 53.7 Å². The van der Waals surface area contributed by atoms with Crippen LogP contribution < -0.4 is 9.80 Å². The predicted molar refractivity (Wildman–Crippen MR) is 132 cm³/mol. The van der Waals surface area contributed by atoms with Crippen molar-refractivity contribution in [2.24, 2.45) is 5.92 Å². The maximum atomic E-state index is 13.0. The van der Waals surface area contributed by atoms with Crippen molar-refractivity contribution >= 4 is 17.4 Å². The lowest BCUT2D eigenvalue weighted by atomic mass is 9.93. The van der Waals surface area contributed by atoms with E-state index in [1.165, 1.54) is 31.4 Å². The Morgan fingerprint density at radius 1 is 1.03 bits per heavy atom. The second-order valence-corrected chi connectivity index (χ2v) is 9.98. The van der Waals surface area contributed by atoms with E-state index in [4.69, 9.17) is 4.74 Å². The van der Waals surface area contributed by atoms with Gasteiger partial charge in [0.15, 0.2) is 0 Å². The van der Waals surface area contributed by atoms with Crippen LogP contribution in [0.5, 0.6) is 0 Å². The number of piperidine rings is 1. The number of aromatic nitrogens is 1. The van der Waals surface area contributed by atoms with Crippen LogP contribution in [0.3, 0.4) is 0 Å². The minimum atomic E-state index is 0.0458. The summed E-state index contributed by atoms with van der Waals surface area (Å²) in [5, 5.41) is 0. The van der Waals surface area contributed by atoms with Crippen LogP contribution in [0.2, 0.25) is 0 Å². The van der Waals surface area contributed by atoms with Gasteiger partial charge < -0.3 is 14.5 Å². The van der Waals surface area contributed by atoms with E-state index in [0.29, 0.717) is 17.8 Å². The van der Waals surface area contributed by atoms with Gasteiger partial charge in [0.05, 0.1) is 17.8 Å². The Balaban J connectivity index is 1.12. The number of benzene rings is 1. The fourth-order valence-electron chi connectivity index (χ4n) is 5.69. The molecule has 0 saturated carbocycles. The van der Waals surface area contributed by atoms with Gasteiger partial charge in [0.2, 0.25) is 0 Å². The summed E-state index contributed by atoms with van der Waals surface area (Å²) in [5.74, 6) is 1.82. The van der Waals surface area contributed by atoms with Crippen molar-refractivity contribution in [3.8, 4) is 0 Å². The van der Waals surface area contributed by atoms with Crippen LogP contribution in [0.15, 0.2) is 42.6 Å². The molecular formula is C27H36N4O2. The van der Waals surface area contributed by atoms with E-state index in [1.54, 1.807) is 6.20 Å². The molecule has 176 valence electrons. The van der Waals surface area contributed by atoms with Gasteiger partial charge in [0.1, 0.15) is 5.82 Å². The SMILES string of the molecule is CC1CN(CCC2CCN(c3ccc(C(=O)N4CCc5ccccc54)cn3)CC2)CC(C)O1. The summed E-state index contributed by atoms with van der Waals surface area (Å²) in [6.07, 6.45) is 7.06. The number of para-hydroxylation sites is 1. The molecule has 6 nitrogen and oxygen atoms in total. The number of hydrogen-bond donors (Lipinski definition) is 0. The minimum absolute atomic E-state index is 0.0458. The average Bonchev–Trinajstić information content (AvgIpc) is 3.26. The van der Waals surface area contributed by atoms with E-state index in [0.717, 1.165) is 56.6 Å². The molecule has 0 N–H and O–H groups in total. The highest BCUT2D eigenvalue weighted by Crippen LogP contribution is 2.29. The van der Waals surface area contributed by atoms with Crippen molar-refractivity contribution < 1.29 is 9.53 Å². The fourth-order valence-corrected chi connectivity index (χ4v) is 5.69. The molecule has 1 amide bonds. The van der Waals surface area contributed by atoms with Crippen molar-refractivity contribution in [1.82, 2.24) is 9.88 Å². The van der Waals surface area contributed by atoms with Crippen molar-refractivity contribution in [2.45, 2.75) is 51.7 Å². The highest BCUT2D eigenvalue weighted by Gasteiger charge is 2.27. The molecule has 2 fully saturated rings. The van der Waals surface area contributed by atoms with Crippen LogP contribution in [-0.2, 0) is 11.2 Å². The molecule has 0 aliphatic carbocycles. The summed E-state index contributed by atoms with van der Waals surface area (Å²) >= 11 is 0. The topological polar surface area (TPSA) is 48.9 Å². The van der Waals surface area contributed by atoms with Crippen LogP contribution in [0.4, 0.5) is 11.5 Å². The largest absolute Gasteiger partial charge is 0.373 e. The Labute approximate surface area is 197 Å². The Morgan fingerprint density at radius 3 is 2.52 bits per heavy atom. The summed E-state index contributed by atoms with van der Waals surface area (Å²) in [6, 6.07) is 12.1. The van der Waals surface area contributed by atoms with Crippen LogP contribution in [0, 0.1) is 5.92 Å². The third kappa shape index (κ3) is 5.07. The first kappa shape index (κ1) is 22.4. The molecule has 4 heterocycles. The molecule has 0 spiro atoms. The first-order chi connectivity index (χ1) is 16.1. The molecule has 5 rings (SSSR count). The predicted octanol–water partition coefficient (Wildman–Crippen LogP) is 4.00. The lowest BCUT2D eigenvalue weighted by Gasteiger charge is -2.37. The van der Waals surface area contributed by atoms with Gasteiger partial charge in [-0.15, -0.1) is 0 Å². The van der Waals surface area contributed by atoms with E-state index >= 15 is 0 Å². The zero-order valence-electron chi connectivity index (χ0n) is 19.9. The van der Waals surface area contributed by atoms with Gasteiger partial charge in [0, 0.05) is 44.6 Å². The Morgan fingerprint density at radius 2 is 1.79 bits per heavy atom. The van der Waals surface area contributed by atoms with Crippen LogP contribution in [0.25, 0.3) is 0 Å². The fraction of sp³-hybridized carbons (Fsp3) is 0.556. The molecule has 3 aliphatic rings.